The maximum atomic E-state index is 11.1. The lowest BCUT2D eigenvalue weighted by Gasteiger charge is -2.00. The summed E-state index contributed by atoms with van der Waals surface area (Å²) >= 11 is 0. The van der Waals surface area contributed by atoms with Crippen LogP contribution in [0.1, 0.15) is 10.4 Å². The normalized spacial score (nSPS) is 12.8. The Kier molecular flexibility index (Phi) is 2.38. The summed E-state index contributed by atoms with van der Waals surface area (Å²) in [5, 5.41) is 13.9. The average molecular weight is 283 g/mol. The average Bonchev–Trinajstić information content (AvgIpc) is 3.13. The number of hydrogen-bond acceptors (Lipinski definition) is 5. The van der Waals surface area contributed by atoms with E-state index in [1.165, 1.54) is 6.07 Å². The Bertz CT molecular complexity index is 868. The molecule has 6 nitrogen and oxygen atoms in total. The highest BCUT2D eigenvalue weighted by Crippen LogP contribution is 2.42. The number of carbonyl (C=O) groups is 1. The Hall–Kier alpha value is -3.02. The van der Waals surface area contributed by atoms with Gasteiger partial charge in [0.2, 0.25) is 18.1 Å². The molecule has 0 unspecified atom stereocenters. The predicted octanol–water partition coefficient (Wildman–Crippen LogP) is 2.92. The highest BCUT2D eigenvalue weighted by atomic mass is 16.7. The minimum atomic E-state index is -0.984. The molecule has 1 aliphatic heterocycles. The Morgan fingerprint density at radius 2 is 2.10 bits per heavy atom. The van der Waals surface area contributed by atoms with Crippen molar-refractivity contribution in [1.82, 2.24) is 5.16 Å². The molecule has 4 rings (SSSR count). The van der Waals surface area contributed by atoms with Crippen LogP contribution in [0.2, 0.25) is 0 Å². The first-order valence-corrected chi connectivity index (χ1v) is 6.26. The number of benzene rings is 2. The fourth-order valence-electron chi connectivity index (χ4n) is 2.37. The molecular formula is C15H9NO5. The molecule has 104 valence electrons. The quantitative estimate of drug-likeness (QED) is 0.778. The first-order chi connectivity index (χ1) is 10.2. The number of hydrogen-bond donors (Lipinski definition) is 1. The molecule has 0 bridgehead atoms. The zero-order chi connectivity index (χ0) is 14.4. The van der Waals surface area contributed by atoms with Gasteiger partial charge in [0.25, 0.3) is 0 Å². The highest BCUT2D eigenvalue weighted by molar-refractivity contribution is 5.97. The zero-order valence-electron chi connectivity index (χ0n) is 10.7. The molecule has 0 amide bonds. The minimum Gasteiger partial charge on any atom is -0.478 e. The van der Waals surface area contributed by atoms with Crippen LogP contribution in [0.5, 0.6) is 11.5 Å². The molecule has 21 heavy (non-hydrogen) atoms. The third-order valence-electron chi connectivity index (χ3n) is 3.36. The predicted molar refractivity (Wildman–Crippen MR) is 72.5 cm³/mol. The third-order valence-corrected chi connectivity index (χ3v) is 3.36. The Labute approximate surface area is 118 Å². The summed E-state index contributed by atoms with van der Waals surface area (Å²) in [7, 11) is 0. The van der Waals surface area contributed by atoms with Gasteiger partial charge in [-0.05, 0) is 24.3 Å². The summed E-state index contributed by atoms with van der Waals surface area (Å²) in [5.41, 5.74) is 1.95. The molecule has 6 heteroatoms. The summed E-state index contributed by atoms with van der Waals surface area (Å²) in [6, 6.07) is 10.2. The highest BCUT2D eigenvalue weighted by Gasteiger charge is 2.22. The summed E-state index contributed by atoms with van der Waals surface area (Å²) in [4.78, 5) is 11.1. The van der Waals surface area contributed by atoms with Crippen molar-refractivity contribution in [3.63, 3.8) is 0 Å². The lowest BCUT2D eigenvalue weighted by Crippen LogP contribution is -1.95. The summed E-state index contributed by atoms with van der Waals surface area (Å²) in [6.07, 6.45) is 0. The van der Waals surface area contributed by atoms with E-state index < -0.39 is 5.97 Å². The number of carboxylic acid groups (broad SMARTS) is 1. The molecule has 0 saturated heterocycles. The fraction of sp³-hybridized carbons (Fsp3) is 0.0667. The van der Waals surface area contributed by atoms with Gasteiger partial charge in [0.15, 0.2) is 5.75 Å². The van der Waals surface area contributed by atoms with Crippen LogP contribution < -0.4 is 9.47 Å². The summed E-state index contributed by atoms with van der Waals surface area (Å²) < 4.78 is 16.0. The van der Waals surface area contributed by atoms with Crippen LogP contribution >= 0.6 is 0 Å². The van der Waals surface area contributed by atoms with Crippen LogP contribution in [-0.2, 0) is 0 Å². The van der Waals surface area contributed by atoms with E-state index in [-0.39, 0.29) is 12.4 Å². The van der Waals surface area contributed by atoms with Crippen molar-refractivity contribution < 1.29 is 23.9 Å². The largest absolute Gasteiger partial charge is 0.478 e. The SMILES string of the molecule is O=C(O)c1cccc(-c2noc3c4c(ccc23)OCO4)c1. The van der Waals surface area contributed by atoms with Gasteiger partial charge in [-0.2, -0.15) is 0 Å². The van der Waals surface area contributed by atoms with Gasteiger partial charge in [0, 0.05) is 5.56 Å². The third kappa shape index (κ3) is 1.73. The number of nitrogens with zero attached hydrogens (tertiary/aromatic N) is 1. The van der Waals surface area contributed by atoms with Gasteiger partial charge in [-0.1, -0.05) is 17.3 Å². The molecule has 0 atom stereocenters. The van der Waals surface area contributed by atoms with E-state index in [0.717, 1.165) is 5.39 Å². The Balaban J connectivity index is 1.92. The van der Waals surface area contributed by atoms with Gasteiger partial charge in [-0.3, -0.25) is 0 Å². The van der Waals surface area contributed by atoms with Gasteiger partial charge < -0.3 is 19.1 Å². The van der Waals surface area contributed by atoms with E-state index in [1.54, 1.807) is 24.3 Å². The topological polar surface area (TPSA) is 81.8 Å². The van der Waals surface area contributed by atoms with E-state index in [4.69, 9.17) is 19.1 Å². The lowest BCUT2D eigenvalue weighted by atomic mass is 10.0. The Morgan fingerprint density at radius 1 is 1.19 bits per heavy atom. The molecule has 1 aliphatic rings. The first-order valence-electron chi connectivity index (χ1n) is 6.26. The second-order valence-electron chi connectivity index (χ2n) is 4.59. The number of fused-ring (bicyclic) bond motifs is 3. The van der Waals surface area contributed by atoms with E-state index >= 15 is 0 Å². The number of aromatic carboxylic acids is 1. The number of aromatic nitrogens is 1. The smallest absolute Gasteiger partial charge is 0.335 e. The van der Waals surface area contributed by atoms with Crippen LogP contribution in [0.15, 0.2) is 40.9 Å². The van der Waals surface area contributed by atoms with Crippen LogP contribution in [0.25, 0.3) is 22.2 Å². The van der Waals surface area contributed by atoms with Crippen molar-refractivity contribution >= 4 is 16.9 Å². The molecule has 1 aromatic heterocycles. The Morgan fingerprint density at radius 3 is 2.95 bits per heavy atom. The lowest BCUT2D eigenvalue weighted by molar-refractivity contribution is 0.0697. The van der Waals surface area contributed by atoms with Crippen LogP contribution in [-0.4, -0.2) is 23.0 Å². The van der Waals surface area contributed by atoms with Crippen molar-refractivity contribution in [2.75, 3.05) is 6.79 Å². The molecule has 0 radical (unpaired) electrons. The summed E-state index contributed by atoms with van der Waals surface area (Å²) in [6.45, 7) is 0.152. The monoisotopic (exact) mass is 283 g/mol. The molecule has 2 heterocycles. The minimum absolute atomic E-state index is 0.152. The molecule has 1 N–H and O–H groups in total. The van der Waals surface area contributed by atoms with Crippen molar-refractivity contribution in [1.29, 1.82) is 0 Å². The second-order valence-corrected chi connectivity index (χ2v) is 4.59. The van der Waals surface area contributed by atoms with E-state index in [9.17, 15) is 4.79 Å². The van der Waals surface area contributed by atoms with Crippen LogP contribution in [0.3, 0.4) is 0 Å². The van der Waals surface area contributed by atoms with Crippen molar-refractivity contribution in [2.45, 2.75) is 0 Å². The standard InChI is InChI=1S/C15H9NO5/c17-15(18)9-3-1-2-8(6-9)12-10-4-5-11-14(20-7-19-11)13(10)21-16-12/h1-6H,7H2,(H,17,18). The van der Waals surface area contributed by atoms with E-state index in [1.807, 2.05) is 6.07 Å². The maximum absolute atomic E-state index is 11.1. The van der Waals surface area contributed by atoms with E-state index in [2.05, 4.69) is 5.16 Å². The van der Waals surface area contributed by atoms with Crippen molar-refractivity contribution in [3.05, 3.63) is 42.0 Å². The molecule has 3 aromatic rings. The number of carboxylic acids is 1. The van der Waals surface area contributed by atoms with Gasteiger partial charge in [0.1, 0.15) is 5.69 Å². The molecule has 0 aliphatic carbocycles. The number of rotatable bonds is 2. The van der Waals surface area contributed by atoms with Crippen molar-refractivity contribution in [3.8, 4) is 22.8 Å². The van der Waals surface area contributed by atoms with Crippen molar-refractivity contribution in [2.24, 2.45) is 0 Å². The fourth-order valence-corrected chi connectivity index (χ4v) is 2.37. The summed E-state index contributed by atoms with van der Waals surface area (Å²) in [5.74, 6) is 0.160. The van der Waals surface area contributed by atoms with Gasteiger partial charge >= 0.3 is 5.97 Å². The molecular weight excluding hydrogens is 274 g/mol. The zero-order valence-corrected chi connectivity index (χ0v) is 10.7. The van der Waals surface area contributed by atoms with Gasteiger partial charge in [-0.15, -0.1) is 0 Å². The van der Waals surface area contributed by atoms with Gasteiger partial charge in [-0.25, -0.2) is 4.79 Å². The molecule has 0 fully saturated rings. The molecule has 2 aromatic carbocycles. The molecule has 0 spiro atoms. The van der Waals surface area contributed by atoms with Crippen LogP contribution in [0, 0.1) is 0 Å². The maximum Gasteiger partial charge on any atom is 0.335 e. The first kappa shape index (κ1) is 11.8. The number of ether oxygens (including phenoxy) is 2. The second kappa shape index (κ2) is 4.24. The van der Waals surface area contributed by atoms with E-state index in [0.29, 0.717) is 28.3 Å². The van der Waals surface area contributed by atoms with Crippen LogP contribution in [0.4, 0.5) is 0 Å². The molecule has 0 saturated carbocycles. The van der Waals surface area contributed by atoms with Gasteiger partial charge in [0.05, 0.1) is 10.9 Å².